The molecule has 1 saturated heterocycles. The van der Waals surface area contributed by atoms with Gasteiger partial charge in [0.1, 0.15) is 16.9 Å². The van der Waals surface area contributed by atoms with Gasteiger partial charge in [0.15, 0.2) is 0 Å². The van der Waals surface area contributed by atoms with Crippen LogP contribution in [0.25, 0.3) is 0 Å². The number of methoxy groups -OCH3 is 1. The van der Waals surface area contributed by atoms with Gasteiger partial charge in [0.25, 0.3) is 0 Å². The number of carbonyl (C=O) groups is 3. The molecule has 3 unspecified atom stereocenters. The molecule has 1 fully saturated rings. The molecule has 2 amide bonds. The highest BCUT2D eigenvalue weighted by molar-refractivity contribution is 14.1. The van der Waals surface area contributed by atoms with Crippen LogP contribution in [0.4, 0.5) is 5.69 Å². The Morgan fingerprint density at radius 3 is 2.45 bits per heavy atom. The first kappa shape index (κ1) is 28.5. The largest absolute Gasteiger partial charge is 0.465 e. The lowest BCUT2D eigenvalue weighted by molar-refractivity contribution is -0.131. The predicted octanol–water partition coefficient (Wildman–Crippen LogP) is 7.41. The zero-order valence-corrected chi connectivity index (χ0v) is 25.8. The standard InChI is InChI=1S/C32H23Cl2IN2O5/c1-41-30(39)17-5-9-22(10-6-17)42-27-12-8-21(35)15-23(27)29-32(24-11-7-20(34)14-26(24)36-31(32)40)25(16-28(38)37-29)18-3-2-4-19(33)13-18/h2-15,25,29H,16H2,1H3,(H,36,40)(H,37,38). The average molecular weight is 713 g/mol. The summed E-state index contributed by atoms with van der Waals surface area (Å²) in [5.74, 6) is -0.562. The van der Waals surface area contributed by atoms with Gasteiger partial charge in [-0.2, -0.15) is 0 Å². The van der Waals surface area contributed by atoms with Crippen molar-refractivity contribution in [2.24, 2.45) is 0 Å². The van der Waals surface area contributed by atoms with Crippen LogP contribution in [0, 0.1) is 3.57 Å². The van der Waals surface area contributed by atoms with E-state index in [1.54, 1.807) is 48.5 Å². The van der Waals surface area contributed by atoms with Crippen molar-refractivity contribution in [1.82, 2.24) is 5.32 Å². The van der Waals surface area contributed by atoms with Gasteiger partial charge < -0.3 is 20.1 Å². The predicted molar refractivity (Wildman–Crippen MR) is 168 cm³/mol. The SMILES string of the molecule is COC(=O)c1ccc(Oc2ccc(I)cc2C2NC(=O)CC(c3cccc(Cl)c3)C23C(=O)Nc2cc(Cl)ccc23)cc1. The Kier molecular flexibility index (Phi) is 7.63. The second-order valence-corrected chi connectivity index (χ2v) is 12.2. The van der Waals surface area contributed by atoms with Gasteiger partial charge in [0.2, 0.25) is 11.8 Å². The molecule has 2 N–H and O–H groups in total. The number of piperidine rings is 1. The number of carbonyl (C=O) groups excluding carboxylic acids is 3. The van der Waals surface area contributed by atoms with E-state index in [-0.39, 0.29) is 18.2 Å². The molecule has 0 saturated carbocycles. The number of esters is 1. The van der Waals surface area contributed by atoms with Gasteiger partial charge in [0, 0.05) is 37.2 Å². The van der Waals surface area contributed by atoms with E-state index in [4.69, 9.17) is 32.7 Å². The van der Waals surface area contributed by atoms with E-state index in [2.05, 4.69) is 33.2 Å². The van der Waals surface area contributed by atoms with Gasteiger partial charge in [-0.15, -0.1) is 0 Å². The highest BCUT2D eigenvalue weighted by Gasteiger charge is 2.61. The van der Waals surface area contributed by atoms with Gasteiger partial charge in [0.05, 0.1) is 18.7 Å². The maximum atomic E-state index is 14.3. The molecule has 0 aliphatic carbocycles. The molecular weight excluding hydrogens is 690 g/mol. The van der Waals surface area contributed by atoms with Crippen molar-refractivity contribution < 1.29 is 23.9 Å². The van der Waals surface area contributed by atoms with Crippen LogP contribution in [-0.2, 0) is 19.7 Å². The minimum atomic E-state index is -1.25. The van der Waals surface area contributed by atoms with Gasteiger partial charge in [-0.3, -0.25) is 9.59 Å². The molecule has 0 aromatic heterocycles. The molecule has 4 aromatic carbocycles. The lowest BCUT2D eigenvalue weighted by Gasteiger charge is -2.46. The molecule has 0 bridgehead atoms. The van der Waals surface area contributed by atoms with E-state index in [9.17, 15) is 14.4 Å². The number of ether oxygens (including phenoxy) is 2. The molecule has 212 valence electrons. The van der Waals surface area contributed by atoms with Gasteiger partial charge in [-0.1, -0.05) is 41.4 Å². The number of halogens is 3. The molecule has 7 nitrogen and oxygen atoms in total. The fraction of sp³-hybridized carbons (Fsp3) is 0.156. The summed E-state index contributed by atoms with van der Waals surface area (Å²) in [4.78, 5) is 39.7. The maximum absolute atomic E-state index is 14.3. The van der Waals surface area contributed by atoms with Crippen molar-refractivity contribution in [3.05, 3.63) is 121 Å². The Bertz CT molecular complexity index is 1750. The van der Waals surface area contributed by atoms with Crippen LogP contribution >= 0.6 is 45.8 Å². The number of amides is 2. The summed E-state index contributed by atoms with van der Waals surface area (Å²) in [5.41, 5.74) is 1.83. The van der Waals surface area contributed by atoms with Crippen LogP contribution in [-0.4, -0.2) is 24.9 Å². The lowest BCUT2D eigenvalue weighted by atomic mass is 9.59. The number of hydrogen-bond acceptors (Lipinski definition) is 5. The van der Waals surface area contributed by atoms with Crippen molar-refractivity contribution in [1.29, 1.82) is 0 Å². The Hall–Kier alpha value is -3.60. The normalized spacial score (nSPS) is 21.0. The second kappa shape index (κ2) is 11.2. The third kappa shape index (κ3) is 4.91. The Labute approximate surface area is 265 Å². The van der Waals surface area contributed by atoms with Crippen LogP contribution in [0.5, 0.6) is 11.5 Å². The van der Waals surface area contributed by atoms with Gasteiger partial charge >= 0.3 is 5.97 Å². The van der Waals surface area contributed by atoms with E-state index in [1.807, 2.05) is 36.4 Å². The van der Waals surface area contributed by atoms with Crippen LogP contribution in [0.15, 0.2) is 84.9 Å². The molecule has 10 heteroatoms. The first-order chi connectivity index (χ1) is 20.2. The van der Waals surface area contributed by atoms with Crippen molar-refractivity contribution in [2.45, 2.75) is 23.8 Å². The molecular formula is C32H23Cl2IN2O5. The quantitative estimate of drug-likeness (QED) is 0.166. The fourth-order valence-corrected chi connectivity index (χ4v) is 6.90. The Morgan fingerprint density at radius 1 is 0.952 bits per heavy atom. The molecule has 2 aliphatic heterocycles. The van der Waals surface area contributed by atoms with E-state index < -0.39 is 23.3 Å². The van der Waals surface area contributed by atoms with Gasteiger partial charge in [-0.25, -0.2) is 4.79 Å². The molecule has 1 spiro atoms. The number of hydrogen-bond donors (Lipinski definition) is 2. The van der Waals surface area contributed by atoms with E-state index >= 15 is 0 Å². The summed E-state index contributed by atoms with van der Waals surface area (Å²) in [6.45, 7) is 0. The average Bonchev–Trinajstić information content (AvgIpc) is 3.25. The highest BCUT2D eigenvalue weighted by Crippen LogP contribution is 2.58. The molecule has 0 radical (unpaired) electrons. The summed E-state index contributed by atoms with van der Waals surface area (Å²) in [6.07, 6.45) is 0.0709. The zero-order valence-electron chi connectivity index (χ0n) is 22.1. The number of benzene rings is 4. The molecule has 6 rings (SSSR count). The summed E-state index contributed by atoms with van der Waals surface area (Å²) >= 11 is 14.9. The summed E-state index contributed by atoms with van der Waals surface area (Å²) < 4.78 is 12.0. The Morgan fingerprint density at radius 2 is 1.71 bits per heavy atom. The van der Waals surface area contributed by atoms with Crippen LogP contribution < -0.4 is 15.4 Å². The second-order valence-electron chi connectivity index (χ2n) is 10.1. The molecule has 2 heterocycles. The smallest absolute Gasteiger partial charge is 0.337 e. The molecule has 3 atom stereocenters. The van der Waals surface area contributed by atoms with E-state index in [0.717, 1.165) is 14.7 Å². The first-order valence-corrected chi connectivity index (χ1v) is 14.9. The minimum absolute atomic E-state index is 0.0709. The fourth-order valence-electron chi connectivity index (χ4n) is 6.01. The van der Waals surface area contributed by atoms with Crippen molar-refractivity contribution >= 4 is 69.3 Å². The van der Waals surface area contributed by atoms with E-state index in [0.29, 0.717) is 38.4 Å². The molecule has 42 heavy (non-hydrogen) atoms. The van der Waals surface area contributed by atoms with Crippen molar-refractivity contribution in [2.75, 3.05) is 12.4 Å². The minimum Gasteiger partial charge on any atom is -0.465 e. The maximum Gasteiger partial charge on any atom is 0.337 e. The number of nitrogens with one attached hydrogen (secondary N) is 2. The van der Waals surface area contributed by atoms with Crippen molar-refractivity contribution in [3.8, 4) is 11.5 Å². The third-order valence-corrected chi connectivity index (χ3v) is 8.93. The van der Waals surface area contributed by atoms with Crippen LogP contribution in [0.3, 0.4) is 0 Å². The topological polar surface area (TPSA) is 93.7 Å². The Balaban J connectivity index is 1.54. The molecule has 2 aliphatic rings. The van der Waals surface area contributed by atoms with Crippen LogP contribution in [0.1, 0.15) is 45.4 Å². The summed E-state index contributed by atoms with van der Waals surface area (Å²) in [7, 11) is 1.32. The zero-order chi connectivity index (χ0) is 29.6. The molecule has 4 aromatic rings. The van der Waals surface area contributed by atoms with Crippen LogP contribution in [0.2, 0.25) is 10.0 Å². The van der Waals surface area contributed by atoms with E-state index in [1.165, 1.54) is 7.11 Å². The number of fused-ring (bicyclic) bond motifs is 2. The monoisotopic (exact) mass is 712 g/mol. The summed E-state index contributed by atoms with van der Waals surface area (Å²) in [5, 5.41) is 7.17. The first-order valence-electron chi connectivity index (χ1n) is 13.0. The number of rotatable bonds is 5. The summed E-state index contributed by atoms with van der Waals surface area (Å²) in [6, 6.07) is 23.9. The number of anilines is 1. The lowest BCUT2D eigenvalue weighted by Crippen LogP contribution is -2.56. The van der Waals surface area contributed by atoms with Crippen molar-refractivity contribution in [3.63, 3.8) is 0 Å². The van der Waals surface area contributed by atoms with Gasteiger partial charge in [-0.05, 0) is 100 Å². The third-order valence-electron chi connectivity index (χ3n) is 7.79. The highest BCUT2D eigenvalue weighted by atomic mass is 127.